The van der Waals surface area contributed by atoms with Crippen LogP contribution in [-0.2, 0) is 11.3 Å². The molecule has 15 heavy (non-hydrogen) atoms. The van der Waals surface area contributed by atoms with Gasteiger partial charge < -0.3 is 10.1 Å². The van der Waals surface area contributed by atoms with Gasteiger partial charge in [0, 0.05) is 33.8 Å². The molecule has 0 saturated heterocycles. The maximum Gasteiger partial charge on any atom is 0.0601 e. The fraction of sp³-hybridized carbons (Fsp3) is 0.600. The minimum atomic E-state index is 0.580. The molecule has 86 valence electrons. The highest BCUT2D eigenvalue weighted by atomic mass is 79.9. The summed E-state index contributed by atoms with van der Waals surface area (Å²) >= 11 is 10.7. The number of alkyl halides is 1. The molecule has 1 aromatic heterocycles. The first kappa shape index (κ1) is 13.5. The summed E-state index contributed by atoms with van der Waals surface area (Å²) in [5, 5.41) is 5.47. The minimum absolute atomic E-state index is 0.580. The van der Waals surface area contributed by atoms with Gasteiger partial charge in [0.1, 0.15) is 0 Å². The van der Waals surface area contributed by atoms with Crippen LogP contribution in [0.15, 0.2) is 15.9 Å². The van der Waals surface area contributed by atoms with E-state index in [-0.39, 0.29) is 0 Å². The summed E-state index contributed by atoms with van der Waals surface area (Å²) in [6.45, 7) is 3.36. The highest BCUT2D eigenvalue weighted by molar-refractivity contribution is 9.10. The van der Waals surface area contributed by atoms with Crippen molar-refractivity contribution in [3.8, 4) is 0 Å². The van der Waals surface area contributed by atoms with Gasteiger partial charge in [0.15, 0.2) is 0 Å². The van der Waals surface area contributed by atoms with Crippen molar-refractivity contribution in [2.45, 2.75) is 13.0 Å². The predicted molar refractivity (Wildman–Crippen MR) is 69.9 cm³/mol. The van der Waals surface area contributed by atoms with E-state index >= 15 is 0 Å². The Balaban J connectivity index is 1.93. The fourth-order valence-corrected chi connectivity index (χ4v) is 2.64. The van der Waals surface area contributed by atoms with Gasteiger partial charge in [-0.05, 0) is 35.0 Å². The third kappa shape index (κ3) is 6.53. The molecule has 5 heteroatoms. The standard InChI is InChI=1S/C10H15BrClNOS/c11-9-6-10(15-8-9)7-13-3-1-4-14-5-2-12/h6,8,13H,1-5,7H2. The number of nitrogens with one attached hydrogen (secondary N) is 1. The molecule has 0 aliphatic heterocycles. The number of rotatable bonds is 8. The zero-order chi connectivity index (χ0) is 10.9. The SMILES string of the molecule is ClCCOCCCNCc1cc(Br)cs1. The number of ether oxygens (including phenoxy) is 1. The van der Waals surface area contributed by atoms with E-state index in [2.05, 4.69) is 32.7 Å². The number of halogens is 2. The van der Waals surface area contributed by atoms with E-state index in [9.17, 15) is 0 Å². The second kappa shape index (κ2) is 8.53. The van der Waals surface area contributed by atoms with Crippen LogP contribution in [-0.4, -0.2) is 25.6 Å². The summed E-state index contributed by atoms with van der Waals surface area (Å²) in [4.78, 5) is 1.35. The lowest BCUT2D eigenvalue weighted by atomic mass is 10.4. The lowest BCUT2D eigenvalue weighted by Gasteiger charge is -2.03. The third-order valence-electron chi connectivity index (χ3n) is 1.78. The Hall–Kier alpha value is 0.390. The van der Waals surface area contributed by atoms with Gasteiger partial charge in [-0.25, -0.2) is 0 Å². The first-order chi connectivity index (χ1) is 7.33. The molecule has 0 unspecified atom stereocenters. The van der Waals surface area contributed by atoms with E-state index in [1.165, 1.54) is 4.88 Å². The molecule has 1 rings (SSSR count). The molecule has 0 spiro atoms. The molecule has 0 aliphatic carbocycles. The average Bonchev–Trinajstić information content (AvgIpc) is 2.63. The van der Waals surface area contributed by atoms with Crippen LogP contribution in [0.5, 0.6) is 0 Å². The largest absolute Gasteiger partial charge is 0.380 e. The summed E-state index contributed by atoms with van der Waals surface area (Å²) in [6.07, 6.45) is 1.03. The van der Waals surface area contributed by atoms with Crippen LogP contribution in [0.3, 0.4) is 0 Å². The molecule has 1 N–H and O–H groups in total. The predicted octanol–water partition coefficient (Wildman–Crippen LogP) is 3.25. The molecule has 0 radical (unpaired) electrons. The lowest BCUT2D eigenvalue weighted by Crippen LogP contribution is -2.15. The van der Waals surface area contributed by atoms with Crippen molar-refractivity contribution in [1.82, 2.24) is 5.32 Å². The summed E-state index contributed by atoms with van der Waals surface area (Å²) in [5.41, 5.74) is 0. The summed E-state index contributed by atoms with van der Waals surface area (Å²) < 4.78 is 6.42. The summed E-state index contributed by atoms with van der Waals surface area (Å²) in [7, 11) is 0. The summed E-state index contributed by atoms with van der Waals surface area (Å²) in [6, 6.07) is 2.14. The maximum atomic E-state index is 5.48. The highest BCUT2D eigenvalue weighted by Gasteiger charge is 1.96. The van der Waals surface area contributed by atoms with E-state index in [4.69, 9.17) is 16.3 Å². The third-order valence-corrected chi connectivity index (χ3v) is 3.64. The van der Waals surface area contributed by atoms with Crippen LogP contribution >= 0.6 is 38.9 Å². The second-order valence-electron chi connectivity index (χ2n) is 3.06. The van der Waals surface area contributed by atoms with Gasteiger partial charge in [-0.2, -0.15) is 0 Å². The molecule has 1 heterocycles. The van der Waals surface area contributed by atoms with Crippen molar-refractivity contribution < 1.29 is 4.74 Å². The van der Waals surface area contributed by atoms with Gasteiger partial charge in [-0.15, -0.1) is 22.9 Å². The molecule has 0 aromatic carbocycles. The van der Waals surface area contributed by atoms with Crippen molar-refractivity contribution in [3.05, 3.63) is 20.8 Å². The Morgan fingerprint density at radius 2 is 2.33 bits per heavy atom. The van der Waals surface area contributed by atoms with E-state index in [0.29, 0.717) is 12.5 Å². The van der Waals surface area contributed by atoms with E-state index in [0.717, 1.165) is 30.6 Å². The number of hydrogen-bond donors (Lipinski definition) is 1. The first-order valence-electron chi connectivity index (χ1n) is 4.90. The Labute approximate surface area is 108 Å². The molecular formula is C10H15BrClNOS. The smallest absolute Gasteiger partial charge is 0.0601 e. The van der Waals surface area contributed by atoms with Gasteiger partial charge in [0.05, 0.1) is 6.61 Å². The van der Waals surface area contributed by atoms with Gasteiger partial charge in [-0.3, -0.25) is 0 Å². The van der Waals surface area contributed by atoms with Crippen molar-refractivity contribution in [2.24, 2.45) is 0 Å². The van der Waals surface area contributed by atoms with Crippen LogP contribution in [0.1, 0.15) is 11.3 Å². The summed E-state index contributed by atoms with van der Waals surface area (Å²) in [5.74, 6) is 0.580. The first-order valence-corrected chi connectivity index (χ1v) is 7.11. The average molecular weight is 313 g/mol. The molecule has 0 bridgehead atoms. The molecular weight excluding hydrogens is 298 g/mol. The van der Waals surface area contributed by atoms with Crippen molar-refractivity contribution >= 4 is 38.9 Å². The molecule has 2 nitrogen and oxygen atoms in total. The monoisotopic (exact) mass is 311 g/mol. The van der Waals surface area contributed by atoms with Crippen molar-refractivity contribution in [1.29, 1.82) is 0 Å². The topological polar surface area (TPSA) is 21.3 Å². The Morgan fingerprint density at radius 1 is 1.47 bits per heavy atom. The molecule has 0 saturated carbocycles. The van der Waals surface area contributed by atoms with Crippen LogP contribution in [0.25, 0.3) is 0 Å². The van der Waals surface area contributed by atoms with Gasteiger partial charge >= 0.3 is 0 Å². The van der Waals surface area contributed by atoms with E-state index < -0.39 is 0 Å². The second-order valence-corrected chi connectivity index (χ2v) is 5.35. The number of thiophene rings is 1. The van der Waals surface area contributed by atoms with Crippen LogP contribution in [0.2, 0.25) is 0 Å². The molecule has 1 aromatic rings. The van der Waals surface area contributed by atoms with Gasteiger partial charge in [0.25, 0.3) is 0 Å². The zero-order valence-corrected chi connectivity index (χ0v) is 11.6. The van der Waals surface area contributed by atoms with Crippen molar-refractivity contribution in [3.63, 3.8) is 0 Å². The van der Waals surface area contributed by atoms with E-state index in [1.54, 1.807) is 11.3 Å². The Bertz CT molecular complexity index is 270. The Morgan fingerprint density at radius 3 is 3.00 bits per heavy atom. The quantitative estimate of drug-likeness (QED) is 0.588. The molecule has 0 aliphatic rings. The number of hydrogen-bond acceptors (Lipinski definition) is 3. The zero-order valence-electron chi connectivity index (χ0n) is 8.47. The highest BCUT2D eigenvalue weighted by Crippen LogP contribution is 2.19. The normalized spacial score (nSPS) is 10.8. The van der Waals surface area contributed by atoms with E-state index in [1.807, 2.05) is 0 Å². The van der Waals surface area contributed by atoms with Gasteiger partial charge in [-0.1, -0.05) is 0 Å². The maximum absolute atomic E-state index is 5.48. The molecule has 0 amide bonds. The molecule has 0 atom stereocenters. The van der Waals surface area contributed by atoms with Gasteiger partial charge in [0.2, 0.25) is 0 Å². The van der Waals surface area contributed by atoms with Crippen LogP contribution < -0.4 is 5.32 Å². The fourth-order valence-electron chi connectivity index (χ4n) is 1.11. The lowest BCUT2D eigenvalue weighted by molar-refractivity contribution is 0.146. The van der Waals surface area contributed by atoms with Crippen molar-refractivity contribution in [2.75, 3.05) is 25.6 Å². The minimum Gasteiger partial charge on any atom is -0.380 e. The Kier molecular flexibility index (Phi) is 7.65. The molecule has 0 fully saturated rings. The van der Waals surface area contributed by atoms with Crippen LogP contribution in [0.4, 0.5) is 0 Å². The van der Waals surface area contributed by atoms with Crippen LogP contribution in [0, 0.1) is 0 Å².